The Bertz CT molecular complexity index is 286. The van der Waals surface area contributed by atoms with Gasteiger partial charge in [-0.05, 0) is 38.9 Å². The number of hydrogen-bond donors (Lipinski definition) is 1. The van der Waals surface area contributed by atoms with Gasteiger partial charge in [0.15, 0.2) is 5.96 Å². The summed E-state index contributed by atoms with van der Waals surface area (Å²) in [5.74, 6) is 1.65. The third-order valence-corrected chi connectivity index (χ3v) is 4.21. The van der Waals surface area contributed by atoms with Crippen LogP contribution in [0.15, 0.2) is 4.99 Å². The van der Waals surface area contributed by atoms with Gasteiger partial charge in [-0.2, -0.15) is 0 Å². The SMILES string of the molecule is CCN(CC)CCCCNC(=NC)N(C)CC1CCOC1. The third-order valence-electron chi connectivity index (χ3n) is 4.21. The Kier molecular flexibility index (Phi) is 9.42. The molecular formula is C16H34N4O. The van der Waals surface area contributed by atoms with Crippen molar-refractivity contribution in [1.29, 1.82) is 0 Å². The smallest absolute Gasteiger partial charge is 0.193 e. The lowest BCUT2D eigenvalue weighted by Gasteiger charge is -2.24. The van der Waals surface area contributed by atoms with Gasteiger partial charge in [0.2, 0.25) is 0 Å². The average molecular weight is 298 g/mol. The van der Waals surface area contributed by atoms with Crippen molar-refractivity contribution in [3.8, 4) is 0 Å². The summed E-state index contributed by atoms with van der Waals surface area (Å²) in [5.41, 5.74) is 0. The van der Waals surface area contributed by atoms with Crippen LogP contribution in [0.4, 0.5) is 0 Å². The van der Waals surface area contributed by atoms with Gasteiger partial charge in [0, 0.05) is 39.7 Å². The van der Waals surface area contributed by atoms with Crippen LogP contribution in [0.25, 0.3) is 0 Å². The van der Waals surface area contributed by atoms with E-state index in [0.29, 0.717) is 5.92 Å². The molecule has 1 heterocycles. The molecule has 0 bridgehead atoms. The molecular weight excluding hydrogens is 264 g/mol. The second-order valence-corrected chi connectivity index (χ2v) is 5.82. The molecule has 21 heavy (non-hydrogen) atoms. The van der Waals surface area contributed by atoms with Crippen LogP contribution in [0.1, 0.15) is 33.1 Å². The van der Waals surface area contributed by atoms with Crippen molar-refractivity contribution >= 4 is 5.96 Å². The van der Waals surface area contributed by atoms with Crippen molar-refractivity contribution in [3.05, 3.63) is 0 Å². The summed E-state index contributed by atoms with van der Waals surface area (Å²) in [4.78, 5) is 9.07. The number of aliphatic imine (C=N–C) groups is 1. The lowest BCUT2D eigenvalue weighted by atomic mass is 10.1. The Labute approximate surface area is 130 Å². The van der Waals surface area contributed by atoms with Crippen molar-refractivity contribution in [2.24, 2.45) is 10.9 Å². The molecule has 0 aliphatic carbocycles. The first-order valence-electron chi connectivity index (χ1n) is 8.43. The van der Waals surface area contributed by atoms with Crippen LogP contribution in [-0.4, -0.2) is 75.8 Å². The molecule has 0 amide bonds. The summed E-state index contributed by atoms with van der Waals surface area (Å²) in [6, 6.07) is 0. The zero-order valence-electron chi connectivity index (χ0n) is 14.4. The maximum atomic E-state index is 5.44. The van der Waals surface area contributed by atoms with Gasteiger partial charge in [-0.3, -0.25) is 4.99 Å². The first-order chi connectivity index (χ1) is 10.2. The monoisotopic (exact) mass is 298 g/mol. The van der Waals surface area contributed by atoms with Gasteiger partial charge in [0.25, 0.3) is 0 Å². The molecule has 1 rings (SSSR count). The zero-order valence-corrected chi connectivity index (χ0v) is 14.4. The van der Waals surface area contributed by atoms with Crippen LogP contribution < -0.4 is 5.32 Å². The van der Waals surface area contributed by atoms with Crippen LogP contribution in [0.2, 0.25) is 0 Å². The zero-order chi connectivity index (χ0) is 15.5. The molecule has 1 N–H and O–H groups in total. The van der Waals surface area contributed by atoms with E-state index in [9.17, 15) is 0 Å². The van der Waals surface area contributed by atoms with Crippen LogP contribution in [0, 0.1) is 5.92 Å². The molecule has 5 heteroatoms. The maximum Gasteiger partial charge on any atom is 0.193 e. The van der Waals surface area contributed by atoms with E-state index in [2.05, 4.69) is 41.0 Å². The Morgan fingerprint density at radius 3 is 2.62 bits per heavy atom. The van der Waals surface area contributed by atoms with E-state index in [0.717, 1.165) is 45.4 Å². The molecule has 0 aromatic carbocycles. The van der Waals surface area contributed by atoms with Gasteiger partial charge in [0.1, 0.15) is 0 Å². The minimum Gasteiger partial charge on any atom is -0.381 e. The number of nitrogens with zero attached hydrogens (tertiary/aromatic N) is 3. The third kappa shape index (κ3) is 7.14. The fraction of sp³-hybridized carbons (Fsp3) is 0.938. The highest BCUT2D eigenvalue weighted by atomic mass is 16.5. The molecule has 1 aliphatic heterocycles. The Balaban J connectivity index is 2.15. The Morgan fingerprint density at radius 2 is 2.05 bits per heavy atom. The molecule has 1 saturated heterocycles. The van der Waals surface area contributed by atoms with Gasteiger partial charge < -0.3 is 19.9 Å². The highest BCUT2D eigenvalue weighted by Crippen LogP contribution is 2.13. The molecule has 0 radical (unpaired) electrons. The average Bonchev–Trinajstić information content (AvgIpc) is 2.99. The van der Waals surface area contributed by atoms with E-state index in [-0.39, 0.29) is 0 Å². The molecule has 1 fully saturated rings. The number of ether oxygens (including phenoxy) is 1. The van der Waals surface area contributed by atoms with Crippen molar-refractivity contribution in [3.63, 3.8) is 0 Å². The van der Waals surface area contributed by atoms with Gasteiger partial charge in [0.05, 0.1) is 6.61 Å². The second kappa shape index (κ2) is 10.9. The van der Waals surface area contributed by atoms with E-state index < -0.39 is 0 Å². The lowest BCUT2D eigenvalue weighted by molar-refractivity contribution is 0.181. The van der Waals surface area contributed by atoms with Crippen LogP contribution in [0.5, 0.6) is 0 Å². The van der Waals surface area contributed by atoms with Crippen LogP contribution in [0.3, 0.4) is 0 Å². The van der Waals surface area contributed by atoms with Crippen LogP contribution >= 0.6 is 0 Å². The highest BCUT2D eigenvalue weighted by molar-refractivity contribution is 5.79. The van der Waals surface area contributed by atoms with E-state index in [4.69, 9.17) is 4.74 Å². The number of hydrogen-bond acceptors (Lipinski definition) is 3. The minimum absolute atomic E-state index is 0.649. The van der Waals surface area contributed by atoms with Crippen molar-refractivity contribution in [1.82, 2.24) is 15.1 Å². The largest absolute Gasteiger partial charge is 0.381 e. The van der Waals surface area contributed by atoms with Gasteiger partial charge >= 0.3 is 0 Å². The summed E-state index contributed by atoms with van der Waals surface area (Å²) >= 11 is 0. The quantitative estimate of drug-likeness (QED) is 0.399. The van der Waals surface area contributed by atoms with Crippen molar-refractivity contribution in [2.45, 2.75) is 33.1 Å². The molecule has 5 nitrogen and oxygen atoms in total. The fourth-order valence-corrected chi connectivity index (χ4v) is 2.79. The molecule has 0 spiro atoms. The Morgan fingerprint density at radius 1 is 1.29 bits per heavy atom. The summed E-state index contributed by atoms with van der Waals surface area (Å²) in [5, 5.41) is 3.47. The van der Waals surface area contributed by atoms with Gasteiger partial charge in [-0.25, -0.2) is 0 Å². The van der Waals surface area contributed by atoms with E-state index in [1.165, 1.54) is 25.8 Å². The van der Waals surface area contributed by atoms with E-state index >= 15 is 0 Å². The number of guanidine groups is 1. The molecule has 1 unspecified atom stereocenters. The number of rotatable bonds is 9. The molecule has 0 saturated carbocycles. The standard InChI is InChI=1S/C16H34N4O/c1-5-20(6-2)11-8-7-10-18-16(17-3)19(4)13-15-9-12-21-14-15/h15H,5-14H2,1-4H3,(H,17,18). The van der Waals surface area contributed by atoms with E-state index in [1.54, 1.807) is 0 Å². The molecule has 1 atom stereocenters. The summed E-state index contributed by atoms with van der Waals surface area (Å²) < 4.78 is 5.44. The maximum absolute atomic E-state index is 5.44. The second-order valence-electron chi connectivity index (χ2n) is 5.82. The predicted octanol–water partition coefficient (Wildman–Crippen LogP) is 1.65. The first kappa shape index (κ1) is 18.2. The highest BCUT2D eigenvalue weighted by Gasteiger charge is 2.18. The summed E-state index contributed by atoms with van der Waals surface area (Å²) in [6.45, 7) is 11.8. The van der Waals surface area contributed by atoms with E-state index in [1.807, 2.05) is 7.05 Å². The van der Waals surface area contributed by atoms with Crippen LogP contribution in [-0.2, 0) is 4.74 Å². The first-order valence-corrected chi connectivity index (χ1v) is 8.43. The van der Waals surface area contributed by atoms with Gasteiger partial charge in [-0.1, -0.05) is 13.8 Å². The fourth-order valence-electron chi connectivity index (χ4n) is 2.79. The number of unbranched alkanes of at least 4 members (excludes halogenated alkanes) is 1. The topological polar surface area (TPSA) is 40.1 Å². The number of nitrogens with one attached hydrogen (secondary N) is 1. The van der Waals surface area contributed by atoms with Crippen molar-refractivity contribution < 1.29 is 4.74 Å². The van der Waals surface area contributed by atoms with Crippen molar-refractivity contribution in [2.75, 3.05) is 60.0 Å². The van der Waals surface area contributed by atoms with Gasteiger partial charge in [-0.15, -0.1) is 0 Å². The molecule has 0 aromatic heterocycles. The Hall–Kier alpha value is -0.810. The summed E-state index contributed by atoms with van der Waals surface area (Å²) in [6.07, 6.45) is 3.60. The predicted molar refractivity (Wildman–Crippen MR) is 89.9 cm³/mol. The summed E-state index contributed by atoms with van der Waals surface area (Å²) in [7, 11) is 3.98. The molecule has 0 aromatic rings. The minimum atomic E-state index is 0.649. The lowest BCUT2D eigenvalue weighted by Crippen LogP contribution is -2.41. The normalized spacial score (nSPS) is 19.3. The molecule has 1 aliphatic rings. The molecule has 124 valence electrons.